The smallest absolute Gasteiger partial charge is 0.238 e. The van der Waals surface area contributed by atoms with E-state index in [2.05, 4.69) is 0 Å². The summed E-state index contributed by atoms with van der Waals surface area (Å²) in [6.45, 7) is 3.76. The van der Waals surface area contributed by atoms with Crippen molar-refractivity contribution < 1.29 is 26.3 Å². The Kier molecular flexibility index (Phi) is 9.64. The molecule has 0 aliphatic heterocycles. The van der Waals surface area contributed by atoms with E-state index in [1.54, 1.807) is 48.5 Å². The molecule has 0 radical (unpaired) electrons. The van der Waals surface area contributed by atoms with Crippen LogP contribution in [0.4, 0.5) is 0 Å². The molecule has 2 aromatic carbocycles. The van der Waals surface area contributed by atoms with Gasteiger partial charge in [0.15, 0.2) is 24.8 Å². The summed E-state index contributed by atoms with van der Waals surface area (Å²) in [5.74, 6) is 0. The number of nitrogens with zero attached hydrogens (tertiary/aromatic N) is 2. The first-order valence-electron chi connectivity index (χ1n) is 10.3. The number of pyridine rings is 2. The molecule has 0 aliphatic rings. The van der Waals surface area contributed by atoms with Gasteiger partial charge in [-0.15, -0.1) is 0 Å². The zero-order valence-electron chi connectivity index (χ0n) is 19.6. The number of nitrogens with two attached hydrogens (primary N) is 2. The number of hydrogen-bond acceptors (Lipinski definition) is 6. The number of aryl methyl sites for hydroxylation is 2. The second kappa shape index (κ2) is 12.2. The maximum absolute atomic E-state index is 10.8. The standard InChI is InChI=1S/C10H8N2O2.2C7H9NO2S/c13-11-5-1-9(2-6-11)10-3-7-12(14)8-4-10;2*1-6-2-4-7(5-3-6)11(8,9)10/h1-8H;2*2-5H,1H3,(H2,8,9,10). The van der Waals surface area contributed by atoms with Gasteiger partial charge in [0.05, 0.1) is 9.79 Å². The minimum absolute atomic E-state index is 0.156. The second-order valence-electron chi connectivity index (χ2n) is 7.61. The van der Waals surface area contributed by atoms with Gasteiger partial charge in [0.2, 0.25) is 20.0 Å². The van der Waals surface area contributed by atoms with Crippen molar-refractivity contribution >= 4 is 20.0 Å². The third-order valence-corrected chi connectivity index (χ3v) is 6.49. The van der Waals surface area contributed by atoms with E-state index in [-0.39, 0.29) is 9.79 Å². The normalized spacial score (nSPS) is 10.9. The lowest BCUT2D eigenvalue weighted by molar-refractivity contribution is -0.605. The number of sulfonamides is 2. The summed E-state index contributed by atoms with van der Waals surface area (Å²) in [7, 11) is -7.04. The van der Waals surface area contributed by atoms with Crippen LogP contribution >= 0.6 is 0 Å². The van der Waals surface area contributed by atoms with Gasteiger partial charge in [-0.05, 0) is 49.2 Å². The molecule has 36 heavy (non-hydrogen) atoms. The Labute approximate surface area is 210 Å². The van der Waals surface area contributed by atoms with Gasteiger partial charge in [-0.3, -0.25) is 0 Å². The highest BCUT2D eigenvalue weighted by atomic mass is 32.2. The van der Waals surface area contributed by atoms with E-state index in [1.165, 1.54) is 49.1 Å². The molecule has 190 valence electrons. The monoisotopic (exact) mass is 530 g/mol. The predicted octanol–water partition coefficient (Wildman–Crippen LogP) is 1.91. The van der Waals surface area contributed by atoms with Crippen LogP contribution in [0.2, 0.25) is 0 Å². The van der Waals surface area contributed by atoms with Crippen LogP contribution in [0.15, 0.2) is 107 Å². The molecule has 0 fully saturated rings. The summed E-state index contributed by atoms with van der Waals surface area (Å²) >= 11 is 0. The Morgan fingerprint density at radius 2 is 0.778 bits per heavy atom. The van der Waals surface area contributed by atoms with E-state index < -0.39 is 20.0 Å². The highest BCUT2D eigenvalue weighted by Gasteiger charge is 2.05. The molecule has 0 amide bonds. The van der Waals surface area contributed by atoms with E-state index in [0.29, 0.717) is 0 Å². The molecule has 0 aliphatic carbocycles. The van der Waals surface area contributed by atoms with Crippen LogP contribution in [-0.2, 0) is 20.0 Å². The Morgan fingerprint density at radius 3 is 1.00 bits per heavy atom. The summed E-state index contributed by atoms with van der Waals surface area (Å²) < 4.78 is 44.3. The molecule has 0 unspecified atom stereocenters. The summed E-state index contributed by atoms with van der Waals surface area (Å²) in [5, 5.41) is 31.3. The molecule has 0 atom stereocenters. The van der Waals surface area contributed by atoms with E-state index in [0.717, 1.165) is 31.7 Å². The van der Waals surface area contributed by atoms with E-state index in [9.17, 15) is 27.3 Å². The molecular formula is C24H26N4O6S2. The van der Waals surface area contributed by atoms with Crippen molar-refractivity contribution in [3.05, 3.63) is 119 Å². The van der Waals surface area contributed by atoms with Crippen LogP contribution in [0, 0.1) is 24.3 Å². The quantitative estimate of drug-likeness (QED) is 0.302. The minimum atomic E-state index is -3.52. The molecule has 4 N–H and O–H groups in total. The third-order valence-electron chi connectivity index (χ3n) is 4.64. The lowest BCUT2D eigenvalue weighted by atomic mass is 10.1. The maximum atomic E-state index is 10.8. The number of rotatable bonds is 3. The number of benzene rings is 2. The number of aromatic nitrogens is 2. The van der Waals surface area contributed by atoms with Crippen LogP contribution in [0.25, 0.3) is 11.1 Å². The lowest BCUT2D eigenvalue weighted by Gasteiger charge is -2.00. The molecule has 2 aromatic heterocycles. The topological polar surface area (TPSA) is 174 Å². The summed E-state index contributed by atoms with van der Waals surface area (Å²) in [6, 6.07) is 19.6. The van der Waals surface area contributed by atoms with Crippen LogP contribution in [-0.4, -0.2) is 16.8 Å². The highest BCUT2D eigenvalue weighted by molar-refractivity contribution is 7.89. The zero-order chi connectivity index (χ0) is 26.9. The van der Waals surface area contributed by atoms with Crippen LogP contribution in [0.1, 0.15) is 11.1 Å². The van der Waals surface area contributed by atoms with Gasteiger partial charge in [-0.1, -0.05) is 35.4 Å². The van der Waals surface area contributed by atoms with Crippen molar-refractivity contribution in [2.24, 2.45) is 10.3 Å². The average Bonchev–Trinajstić information content (AvgIpc) is 2.80. The van der Waals surface area contributed by atoms with Crippen molar-refractivity contribution in [3.63, 3.8) is 0 Å². The van der Waals surface area contributed by atoms with Crippen LogP contribution in [0.3, 0.4) is 0 Å². The van der Waals surface area contributed by atoms with Crippen molar-refractivity contribution in [3.8, 4) is 11.1 Å². The lowest BCUT2D eigenvalue weighted by Crippen LogP contribution is -2.24. The molecule has 0 saturated heterocycles. The van der Waals surface area contributed by atoms with Gasteiger partial charge < -0.3 is 10.4 Å². The van der Waals surface area contributed by atoms with Gasteiger partial charge in [-0.25, -0.2) is 27.1 Å². The first kappa shape index (κ1) is 28.4. The Hall–Kier alpha value is -3.84. The Bertz CT molecular complexity index is 1360. The highest BCUT2D eigenvalue weighted by Crippen LogP contribution is 2.15. The van der Waals surface area contributed by atoms with Gasteiger partial charge in [0.1, 0.15) is 0 Å². The summed E-state index contributed by atoms with van der Waals surface area (Å²) in [5.41, 5.74) is 3.85. The van der Waals surface area contributed by atoms with Crippen molar-refractivity contribution in [2.45, 2.75) is 23.6 Å². The summed E-state index contributed by atoms with van der Waals surface area (Å²) in [6.07, 6.45) is 5.70. The molecule has 0 saturated carbocycles. The van der Waals surface area contributed by atoms with Crippen molar-refractivity contribution in [1.82, 2.24) is 0 Å². The van der Waals surface area contributed by atoms with Gasteiger partial charge >= 0.3 is 0 Å². The second-order valence-corrected chi connectivity index (χ2v) is 10.7. The van der Waals surface area contributed by atoms with Gasteiger partial charge in [0.25, 0.3) is 0 Å². The number of primary sulfonamides is 2. The molecule has 12 heteroatoms. The fourth-order valence-corrected chi connectivity index (χ4v) is 3.70. The fraction of sp³-hybridized carbons (Fsp3) is 0.0833. The molecular weight excluding hydrogens is 504 g/mol. The first-order chi connectivity index (χ1) is 16.8. The van der Waals surface area contributed by atoms with E-state index in [4.69, 9.17) is 10.3 Å². The average molecular weight is 531 g/mol. The predicted molar refractivity (Wildman–Crippen MR) is 135 cm³/mol. The number of hydrogen-bond donors (Lipinski definition) is 2. The minimum Gasteiger partial charge on any atom is -0.619 e. The first-order valence-corrected chi connectivity index (χ1v) is 13.4. The van der Waals surface area contributed by atoms with Gasteiger partial charge in [0, 0.05) is 24.3 Å². The SMILES string of the molecule is Cc1ccc(S(N)(=O)=O)cc1.Cc1ccc(S(N)(=O)=O)cc1.[O-][n+]1ccc(-c2cc[n+]([O-])cc2)cc1. The molecule has 10 nitrogen and oxygen atoms in total. The molecule has 4 aromatic rings. The third kappa shape index (κ3) is 9.43. The molecule has 4 rings (SSSR count). The zero-order valence-corrected chi connectivity index (χ0v) is 21.2. The van der Waals surface area contributed by atoms with E-state index >= 15 is 0 Å². The van der Waals surface area contributed by atoms with Crippen molar-refractivity contribution in [2.75, 3.05) is 0 Å². The maximum Gasteiger partial charge on any atom is 0.238 e. The van der Waals surface area contributed by atoms with Crippen LogP contribution < -0.4 is 19.7 Å². The molecule has 0 bridgehead atoms. The fourth-order valence-electron chi connectivity index (χ4n) is 2.67. The van der Waals surface area contributed by atoms with Gasteiger partial charge in [-0.2, -0.15) is 9.46 Å². The Balaban J connectivity index is 0.000000193. The van der Waals surface area contributed by atoms with E-state index in [1.807, 2.05) is 13.8 Å². The largest absolute Gasteiger partial charge is 0.619 e. The Morgan fingerprint density at radius 1 is 0.528 bits per heavy atom. The van der Waals surface area contributed by atoms with Crippen LogP contribution in [0.5, 0.6) is 0 Å². The molecule has 2 heterocycles. The molecule has 0 spiro atoms. The summed E-state index contributed by atoms with van der Waals surface area (Å²) in [4.78, 5) is 0.311. The van der Waals surface area contributed by atoms with Crippen molar-refractivity contribution in [1.29, 1.82) is 0 Å².